The maximum atomic E-state index is 11.8. The van der Waals surface area contributed by atoms with E-state index in [0.717, 1.165) is 36.5 Å². The molecule has 112 valence electrons. The summed E-state index contributed by atoms with van der Waals surface area (Å²) in [5, 5.41) is 2.85. The minimum Gasteiger partial charge on any atom is -0.486 e. The molecule has 5 nitrogen and oxygen atoms in total. The van der Waals surface area contributed by atoms with Gasteiger partial charge >= 0.3 is 0 Å². The number of nitrogens with one attached hydrogen (secondary N) is 1. The van der Waals surface area contributed by atoms with Crippen LogP contribution in [-0.2, 0) is 9.53 Å². The van der Waals surface area contributed by atoms with Crippen LogP contribution in [0, 0.1) is 0 Å². The van der Waals surface area contributed by atoms with Crippen molar-refractivity contribution in [1.82, 2.24) is 5.32 Å². The lowest BCUT2D eigenvalue weighted by molar-refractivity contribution is -0.116. The molecule has 21 heavy (non-hydrogen) atoms. The predicted octanol–water partition coefficient (Wildman–Crippen LogP) is 1.77. The van der Waals surface area contributed by atoms with Crippen molar-refractivity contribution in [2.24, 2.45) is 0 Å². The molecular formula is C16H19NO4. The molecule has 0 spiro atoms. The van der Waals surface area contributed by atoms with Gasteiger partial charge in [-0.1, -0.05) is 6.07 Å². The van der Waals surface area contributed by atoms with E-state index in [1.807, 2.05) is 18.2 Å². The lowest BCUT2D eigenvalue weighted by Gasteiger charge is -2.18. The summed E-state index contributed by atoms with van der Waals surface area (Å²) in [6, 6.07) is 5.63. The molecule has 1 saturated heterocycles. The van der Waals surface area contributed by atoms with E-state index in [2.05, 4.69) is 5.32 Å². The number of amides is 1. The summed E-state index contributed by atoms with van der Waals surface area (Å²) in [5.74, 6) is 1.37. The number of hydrogen-bond donors (Lipinski definition) is 1. The van der Waals surface area contributed by atoms with E-state index in [0.29, 0.717) is 19.8 Å². The molecule has 2 heterocycles. The highest BCUT2D eigenvalue weighted by Gasteiger charge is 2.15. The minimum atomic E-state index is -0.111. The highest BCUT2D eigenvalue weighted by molar-refractivity contribution is 5.91. The normalized spacial score (nSPS) is 20.7. The first-order valence-corrected chi connectivity index (χ1v) is 7.28. The van der Waals surface area contributed by atoms with Crippen LogP contribution in [-0.4, -0.2) is 38.4 Å². The molecule has 0 radical (unpaired) electrons. The zero-order chi connectivity index (χ0) is 14.5. The molecule has 5 heteroatoms. The van der Waals surface area contributed by atoms with Crippen LogP contribution < -0.4 is 14.8 Å². The third kappa shape index (κ3) is 3.76. The van der Waals surface area contributed by atoms with Crippen molar-refractivity contribution < 1.29 is 19.0 Å². The van der Waals surface area contributed by atoms with E-state index in [-0.39, 0.29) is 12.0 Å². The van der Waals surface area contributed by atoms with Gasteiger partial charge in [0.2, 0.25) is 5.91 Å². The first-order valence-electron chi connectivity index (χ1n) is 7.28. The summed E-state index contributed by atoms with van der Waals surface area (Å²) in [6.07, 6.45) is 5.56. The van der Waals surface area contributed by atoms with Gasteiger partial charge in [0.1, 0.15) is 13.2 Å². The molecule has 1 amide bonds. The van der Waals surface area contributed by atoms with E-state index in [9.17, 15) is 4.79 Å². The van der Waals surface area contributed by atoms with Gasteiger partial charge in [0.25, 0.3) is 0 Å². The van der Waals surface area contributed by atoms with Gasteiger partial charge in [-0.25, -0.2) is 0 Å². The Balaban J connectivity index is 1.53. The second-order valence-corrected chi connectivity index (χ2v) is 5.12. The van der Waals surface area contributed by atoms with Gasteiger partial charge in [0.15, 0.2) is 11.5 Å². The number of rotatable bonds is 4. The van der Waals surface area contributed by atoms with Gasteiger partial charge in [-0.3, -0.25) is 4.79 Å². The molecular weight excluding hydrogens is 270 g/mol. The standard InChI is InChI=1S/C16H19NO4/c18-16(17-11-13-2-1-7-19-13)6-4-12-3-5-14-15(10-12)21-9-8-20-14/h3-6,10,13H,1-2,7-9,11H2,(H,17,18)/b6-4+. The zero-order valence-corrected chi connectivity index (χ0v) is 11.8. The molecule has 1 aromatic carbocycles. The van der Waals surface area contributed by atoms with E-state index in [4.69, 9.17) is 14.2 Å². The highest BCUT2D eigenvalue weighted by Crippen LogP contribution is 2.31. The molecule has 0 aliphatic carbocycles. The third-order valence-corrected chi connectivity index (χ3v) is 3.52. The Morgan fingerprint density at radius 3 is 2.90 bits per heavy atom. The van der Waals surface area contributed by atoms with Crippen LogP contribution in [0.25, 0.3) is 6.08 Å². The third-order valence-electron chi connectivity index (χ3n) is 3.52. The Bertz CT molecular complexity index is 535. The van der Waals surface area contributed by atoms with Crippen molar-refractivity contribution in [2.75, 3.05) is 26.4 Å². The summed E-state index contributed by atoms with van der Waals surface area (Å²) in [4.78, 5) is 11.8. The van der Waals surface area contributed by atoms with E-state index < -0.39 is 0 Å². The molecule has 0 saturated carbocycles. The maximum Gasteiger partial charge on any atom is 0.244 e. The molecule has 1 aromatic rings. The van der Waals surface area contributed by atoms with Crippen LogP contribution in [0.3, 0.4) is 0 Å². The van der Waals surface area contributed by atoms with Crippen LogP contribution in [0.1, 0.15) is 18.4 Å². The quantitative estimate of drug-likeness (QED) is 0.858. The number of carbonyl (C=O) groups is 1. The van der Waals surface area contributed by atoms with Gasteiger partial charge in [-0.05, 0) is 36.6 Å². The number of carbonyl (C=O) groups excluding carboxylic acids is 1. The smallest absolute Gasteiger partial charge is 0.244 e. The largest absolute Gasteiger partial charge is 0.486 e. The lowest BCUT2D eigenvalue weighted by Crippen LogP contribution is -2.30. The van der Waals surface area contributed by atoms with E-state index >= 15 is 0 Å². The van der Waals surface area contributed by atoms with E-state index in [1.165, 1.54) is 6.08 Å². The molecule has 0 bridgehead atoms. The minimum absolute atomic E-state index is 0.111. The lowest BCUT2D eigenvalue weighted by atomic mass is 10.2. The fraction of sp³-hybridized carbons (Fsp3) is 0.438. The Kier molecular flexibility index (Phi) is 4.40. The predicted molar refractivity (Wildman–Crippen MR) is 78.4 cm³/mol. The molecule has 1 atom stereocenters. The molecule has 2 aliphatic rings. The second kappa shape index (κ2) is 6.63. The van der Waals surface area contributed by atoms with Crippen molar-refractivity contribution in [3.63, 3.8) is 0 Å². The summed E-state index contributed by atoms with van der Waals surface area (Å²) in [7, 11) is 0. The summed E-state index contributed by atoms with van der Waals surface area (Å²) in [6.45, 7) is 2.51. The van der Waals surface area contributed by atoms with Crippen LogP contribution in [0.2, 0.25) is 0 Å². The van der Waals surface area contributed by atoms with Crippen molar-refractivity contribution in [1.29, 1.82) is 0 Å². The average molecular weight is 289 g/mol. The number of ether oxygens (including phenoxy) is 3. The Hall–Kier alpha value is -2.01. The first-order chi connectivity index (χ1) is 10.3. The SMILES string of the molecule is O=C(/C=C/c1ccc2c(c1)OCCO2)NCC1CCCO1. The van der Waals surface area contributed by atoms with Gasteiger partial charge in [0, 0.05) is 19.2 Å². The monoisotopic (exact) mass is 289 g/mol. The molecule has 0 aromatic heterocycles. The number of fused-ring (bicyclic) bond motifs is 1. The summed E-state index contributed by atoms with van der Waals surface area (Å²) in [5.41, 5.74) is 0.909. The Labute approximate surface area is 123 Å². The number of hydrogen-bond acceptors (Lipinski definition) is 4. The molecule has 1 unspecified atom stereocenters. The summed E-state index contributed by atoms with van der Waals surface area (Å²) >= 11 is 0. The highest BCUT2D eigenvalue weighted by atomic mass is 16.6. The topological polar surface area (TPSA) is 56.8 Å². The van der Waals surface area contributed by atoms with Gasteiger partial charge < -0.3 is 19.5 Å². The summed E-state index contributed by atoms with van der Waals surface area (Å²) < 4.78 is 16.4. The van der Waals surface area contributed by atoms with Crippen molar-refractivity contribution in [2.45, 2.75) is 18.9 Å². The zero-order valence-electron chi connectivity index (χ0n) is 11.8. The average Bonchev–Trinajstić information content (AvgIpc) is 3.04. The Morgan fingerprint density at radius 1 is 1.24 bits per heavy atom. The Morgan fingerprint density at radius 2 is 2.10 bits per heavy atom. The second-order valence-electron chi connectivity index (χ2n) is 5.12. The van der Waals surface area contributed by atoms with Crippen LogP contribution in [0.5, 0.6) is 11.5 Å². The van der Waals surface area contributed by atoms with E-state index in [1.54, 1.807) is 6.08 Å². The van der Waals surface area contributed by atoms with Crippen molar-refractivity contribution in [3.8, 4) is 11.5 Å². The fourth-order valence-corrected chi connectivity index (χ4v) is 2.41. The molecule has 1 N–H and O–H groups in total. The molecule has 2 aliphatic heterocycles. The first kappa shape index (κ1) is 13.9. The maximum absolute atomic E-state index is 11.8. The molecule has 3 rings (SSSR count). The number of benzene rings is 1. The van der Waals surface area contributed by atoms with Gasteiger partial charge in [-0.15, -0.1) is 0 Å². The van der Waals surface area contributed by atoms with Crippen molar-refractivity contribution >= 4 is 12.0 Å². The van der Waals surface area contributed by atoms with Gasteiger partial charge in [-0.2, -0.15) is 0 Å². The van der Waals surface area contributed by atoms with Crippen molar-refractivity contribution in [3.05, 3.63) is 29.8 Å². The van der Waals surface area contributed by atoms with Crippen LogP contribution >= 0.6 is 0 Å². The van der Waals surface area contributed by atoms with Crippen LogP contribution in [0.4, 0.5) is 0 Å². The van der Waals surface area contributed by atoms with Crippen LogP contribution in [0.15, 0.2) is 24.3 Å². The molecule has 1 fully saturated rings. The van der Waals surface area contributed by atoms with Gasteiger partial charge in [0.05, 0.1) is 6.10 Å². The fourth-order valence-electron chi connectivity index (χ4n) is 2.41.